The van der Waals surface area contributed by atoms with Gasteiger partial charge in [0.1, 0.15) is 57.0 Å². The summed E-state index contributed by atoms with van der Waals surface area (Å²) in [6.07, 6.45) is 5.85. The topological polar surface area (TPSA) is 364 Å². The van der Waals surface area contributed by atoms with Gasteiger partial charge in [0.05, 0.1) is 102 Å². The highest BCUT2D eigenvalue weighted by atomic mass is 16.6. The van der Waals surface area contributed by atoms with E-state index in [-0.39, 0.29) is 195 Å². The fraction of sp³-hybridized carbons (Fsp3) is 0.427. The Kier molecular flexibility index (Phi) is 36.6. The van der Waals surface area contributed by atoms with Crippen molar-refractivity contribution in [1.82, 2.24) is 24.8 Å². The smallest absolute Gasteiger partial charge is 0.356 e. The quantitative estimate of drug-likeness (QED) is 0.0253. The molecule has 0 aliphatic carbocycles. The number of hydrogen-bond acceptors (Lipinski definition) is 31. The van der Waals surface area contributed by atoms with E-state index >= 15 is 0 Å². The molecule has 0 bridgehead atoms. The highest BCUT2D eigenvalue weighted by Crippen LogP contribution is 2.36. The van der Waals surface area contributed by atoms with Crippen molar-refractivity contribution in [3.63, 3.8) is 0 Å². The van der Waals surface area contributed by atoms with E-state index in [1.807, 2.05) is 0 Å². The Morgan fingerprint density at radius 2 is 0.566 bits per heavy atom. The van der Waals surface area contributed by atoms with Crippen LogP contribution in [0.2, 0.25) is 0 Å². The SMILES string of the molecule is C#Cc1cc(CN(CC(=O)OCC)Cc2cc(C#Cc3c(OCC(=O)OCC)cc(OCC(=O)OCC)cc3OCC(=O)OCC)cc(CN(CC(=O)OCC)Cc3cc(C#Cc4c(OCC(=O)OCC)cc(OCC(=O)OCC)cc4OCC(=O)OCC)cc(C(=O)OCC)n3)n2)nc(C(=O)OCC)c1. The van der Waals surface area contributed by atoms with Gasteiger partial charge in [0.15, 0.2) is 39.6 Å². The minimum Gasteiger partial charge on any atom is -0.482 e. The van der Waals surface area contributed by atoms with Gasteiger partial charge in [0.25, 0.3) is 0 Å². The lowest BCUT2D eigenvalue weighted by Gasteiger charge is -2.23. The molecule has 0 N–H and O–H groups in total. The molecule has 3 heterocycles. The van der Waals surface area contributed by atoms with Crippen molar-refractivity contribution in [2.75, 3.05) is 119 Å². The Labute approximate surface area is 613 Å². The lowest BCUT2D eigenvalue weighted by molar-refractivity contribution is -0.146. The third kappa shape index (κ3) is 29.8. The summed E-state index contributed by atoms with van der Waals surface area (Å²) in [7, 11) is 0. The second kappa shape index (κ2) is 45.9. The molecule has 3 aromatic heterocycles. The predicted octanol–water partition coefficient (Wildman–Crippen LogP) is 5.79. The largest absolute Gasteiger partial charge is 0.482 e. The molecule has 31 heteroatoms. The molecule has 0 amide bonds. The predicted molar refractivity (Wildman–Crippen MR) is 372 cm³/mol. The van der Waals surface area contributed by atoms with Crippen LogP contribution in [0.5, 0.6) is 34.5 Å². The molecule has 31 nitrogen and oxygen atoms in total. The van der Waals surface area contributed by atoms with Crippen LogP contribution in [0.1, 0.15) is 141 Å². The number of terminal acetylenes is 1. The van der Waals surface area contributed by atoms with Gasteiger partial charge in [-0.3, -0.25) is 24.4 Å². The normalized spacial score (nSPS) is 10.4. The van der Waals surface area contributed by atoms with Crippen molar-refractivity contribution in [2.45, 2.75) is 95.4 Å². The molecule has 566 valence electrons. The summed E-state index contributed by atoms with van der Waals surface area (Å²) in [5.74, 6) is 6.54. The number of carbonyl (C=O) groups excluding carboxylic acids is 10. The van der Waals surface area contributed by atoms with Gasteiger partial charge in [-0.2, -0.15) is 0 Å². The number of rotatable bonds is 42. The molecule has 106 heavy (non-hydrogen) atoms. The minimum atomic E-state index is -0.865. The summed E-state index contributed by atoms with van der Waals surface area (Å²) in [5.41, 5.74) is 0.989. The maximum atomic E-state index is 13.8. The molecule has 5 aromatic rings. The summed E-state index contributed by atoms with van der Waals surface area (Å²) < 4.78 is 87.4. The minimum absolute atomic E-state index is 0.00843. The zero-order valence-electron chi connectivity index (χ0n) is 60.8. The van der Waals surface area contributed by atoms with Crippen molar-refractivity contribution >= 4 is 59.7 Å². The van der Waals surface area contributed by atoms with Crippen LogP contribution in [0.15, 0.2) is 60.7 Å². The Morgan fingerprint density at radius 3 is 0.858 bits per heavy atom. The van der Waals surface area contributed by atoms with Crippen molar-refractivity contribution in [3.8, 4) is 70.5 Å². The molecule has 0 atom stereocenters. The number of pyridine rings is 3. The number of carbonyl (C=O) groups is 10. The van der Waals surface area contributed by atoms with Gasteiger partial charge in [-0.15, -0.1) is 6.42 Å². The molecule has 2 aromatic carbocycles. The Morgan fingerprint density at radius 1 is 0.311 bits per heavy atom. The van der Waals surface area contributed by atoms with Crippen LogP contribution in [0.25, 0.3) is 0 Å². The van der Waals surface area contributed by atoms with Crippen LogP contribution in [0, 0.1) is 36.0 Å². The first-order valence-electron chi connectivity index (χ1n) is 33.8. The van der Waals surface area contributed by atoms with E-state index in [2.05, 4.69) is 39.6 Å². The van der Waals surface area contributed by atoms with Crippen LogP contribution in [-0.2, 0) is 112 Å². The average molecular weight is 1470 g/mol. The van der Waals surface area contributed by atoms with E-state index in [0.29, 0.717) is 0 Å². The van der Waals surface area contributed by atoms with E-state index in [0.717, 1.165) is 0 Å². The standard InChI is InChI=1S/C75H85N5O26/c1-12-49-27-54(77-60(31-49)74(89)99-21-10)39-79(41-66(81)91-13-2)37-52-28-50(23-25-58-62(103-45-70(85)95-17-6)33-56(101-43-68(83)93-15-4)34-63(58)104-46-71(86)96-18-7)29-53(76-52)38-80(42-67(82)92-14-3)40-55-30-51(32-61(78-55)75(90)100-22-11)24-26-59-64(105-47-72(87)97-19-8)35-57(102-44-69(84)94-16-5)36-65(59)106-48-73(88)98-20-9/h1,27-36H,13-22,37-48H2,2-11H3. The monoisotopic (exact) mass is 1470 g/mol. The average Bonchev–Trinajstić information content (AvgIpc) is 0.824. The number of hydrogen-bond donors (Lipinski definition) is 0. The van der Waals surface area contributed by atoms with Gasteiger partial charge in [-0.05, 0) is 106 Å². The molecule has 5 rings (SSSR count). The number of benzene rings is 2. The third-order valence-electron chi connectivity index (χ3n) is 13.4. The second-order valence-electron chi connectivity index (χ2n) is 21.4. The summed E-state index contributed by atoms with van der Waals surface area (Å²) in [5, 5.41) is 0. The molecule has 0 spiro atoms. The molecule has 0 aliphatic rings. The van der Waals surface area contributed by atoms with Gasteiger partial charge in [-0.1, -0.05) is 29.6 Å². The van der Waals surface area contributed by atoms with E-state index in [1.54, 1.807) is 97.2 Å². The summed E-state index contributed by atoms with van der Waals surface area (Å²) >= 11 is 0. The first-order valence-corrected chi connectivity index (χ1v) is 33.8. The molecule has 0 radical (unpaired) electrons. The van der Waals surface area contributed by atoms with Gasteiger partial charge in [-0.25, -0.2) is 48.3 Å². The van der Waals surface area contributed by atoms with Crippen LogP contribution in [0.3, 0.4) is 0 Å². The van der Waals surface area contributed by atoms with E-state index in [4.69, 9.17) is 87.2 Å². The van der Waals surface area contributed by atoms with Crippen molar-refractivity contribution in [2.24, 2.45) is 0 Å². The zero-order valence-corrected chi connectivity index (χ0v) is 60.8. The Hall–Kier alpha value is -12.0. The number of ether oxygens (including phenoxy) is 16. The summed E-state index contributed by atoms with van der Waals surface area (Å²) in [4.78, 5) is 148. The lowest BCUT2D eigenvalue weighted by Crippen LogP contribution is -2.32. The zero-order chi connectivity index (χ0) is 77.3. The highest BCUT2D eigenvalue weighted by Gasteiger charge is 2.25. The highest BCUT2D eigenvalue weighted by molar-refractivity contribution is 5.88. The fourth-order valence-electron chi connectivity index (χ4n) is 9.34. The molecular formula is C75H85N5O26. The molecule has 0 unspecified atom stereocenters. The van der Waals surface area contributed by atoms with Crippen LogP contribution >= 0.6 is 0 Å². The first kappa shape index (κ1) is 84.6. The third-order valence-corrected chi connectivity index (χ3v) is 13.4. The maximum absolute atomic E-state index is 13.8. The number of nitrogens with zero attached hydrogens (tertiary/aromatic N) is 5. The second-order valence-corrected chi connectivity index (χ2v) is 21.4. The van der Waals surface area contributed by atoms with Crippen LogP contribution in [0.4, 0.5) is 0 Å². The van der Waals surface area contributed by atoms with Gasteiger partial charge < -0.3 is 75.8 Å². The number of aromatic nitrogens is 3. The van der Waals surface area contributed by atoms with E-state index < -0.39 is 106 Å². The maximum Gasteiger partial charge on any atom is 0.356 e. The molecule has 0 fully saturated rings. The van der Waals surface area contributed by atoms with Gasteiger partial charge in [0, 0.05) is 67.1 Å². The van der Waals surface area contributed by atoms with Gasteiger partial charge >= 0.3 is 59.7 Å². The van der Waals surface area contributed by atoms with Crippen molar-refractivity contribution < 1.29 is 124 Å². The Balaban J connectivity index is 1.81. The van der Waals surface area contributed by atoms with E-state index in [1.165, 1.54) is 42.5 Å². The van der Waals surface area contributed by atoms with E-state index in [9.17, 15) is 47.9 Å². The molecule has 0 aliphatic heterocycles. The molecule has 0 saturated carbocycles. The molecular weight excluding hydrogens is 1390 g/mol. The summed E-state index contributed by atoms with van der Waals surface area (Å²) in [6.45, 7) is 10.8. The lowest BCUT2D eigenvalue weighted by atomic mass is 10.1. The van der Waals surface area contributed by atoms with Gasteiger partial charge in [0.2, 0.25) is 0 Å². The van der Waals surface area contributed by atoms with Crippen molar-refractivity contribution in [3.05, 3.63) is 123 Å². The van der Waals surface area contributed by atoms with Crippen LogP contribution in [-0.4, -0.2) is 203 Å². The number of esters is 10. The summed E-state index contributed by atoms with van der Waals surface area (Å²) in [6, 6.07) is 14.2. The molecule has 0 saturated heterocycles. The van der Waals surface area contributed by atoms with Crippen LogP contribution < -0.4 is 28.4 Å². The van der Waals surface area contributed by atoms with Crippen molar-refractivity contribution in [1.29, 1.82) is 0 Å². The fourth-order valence-corrected chi connectivity index (χ4v) is 9.34. The Bertz CT molecular complexity index is 3980. The first-order chi connectivity index (χ1) is 51.1.